The van der Waals surface area contributed by atoms with Gasteiger partial charge in [0.05, 0.1) is 28.4 Å². The Kier molecular flexibility index (Phi) is 9.14. The molecule has 11 nitrogen and oxygen atoms in total. The summed E-state index contributed by atoms with van der Waals surface area (Å²) in [5, 5.41) is 6.07. The number of nitrogens with zero attached hydrogens (tertiary/aromatic N) is 3. The molecule has 0 bridgehead atoms. The van der Waals surface area contributed by atoms with E-state index < -0.39 is 80.2 Å². The molecule has 17 heteroatoms. The van der Waals surface area contributed by atoms with E-state index in [1.807, 2.05) is 0 Å². The number of carbonyl (C=O) groups excluding carboxylic acids is 2. The first kappa shape index (κ1) is 34.6. The van der Waals surface area contributed by atoms with Crippen molar-refractivity contribution in [3.63, 3.8) is 0 Å². The summed E-state index contributed by atoms with van der Waals surface area (Å²) in [6.07, 6.45) is -9.96. The second-order valence-corrected chi connectivity index (χ2v) is 14.5. The monoisotopic (exact) mass is 674 g/mol. The number of hydrogen-bond acceptors (Lipinski definition) is 9. The Labute approximate surface area is 261 Å². The molecule has 3 aromatic rings. The quantitative estimate of drug-likeness (QED) is 0.316. The molecule has 1 aliphatic rings. The molecule has 1 aromatic heterocycles. The standard InChI is InChI=1S/C29H31F5N4O7S/c1-27(2,3)25-36-22(37-45-25)17-11-20-21(12-18(17)30)46(41,42)14-19(35-26(40)44-28(4,5)6)23(39)38(20)13-15-7-9-16(10-8-15)43-29(33,34)24(31)32/h7-12,19,24H,13-14H2,1-6H3,(H,35,40)/t19-/m0/s1. The van der Waals surface area contributed by atoms with Crippen LogP contribution in [0.2, 0.25) is 0 Å². The first-order valence-corrected chi connectivity index (χ1v) is 15.4. The number of carbonyl (C=O) groups is 2. The van der Waals surface area contributed by atoms with Crippen molar-refractivity contribution in [3.8, 4) is 17.1 Å². The molecule has 0 saturated carbocycles. The van der Waals surface area contributed by atoms with Gasteiger partial charge < -0.3 is 24.2 Å². The summed E-state index contributed by atoms with van der Waals surface area (Å²) >= 11 is 0. The Morgan fingerprint density at radius 2 is 1.74 bits per heavy atom. The largest absolute Gasteiger partial charge is 0.461 e. The predicted molar refractivity (Wildman–Crippen MR) is 153 cm³/mol. The Morgan fingerprint density at radius 1 is 1.11 bits per heavy atom. The number of alkyl carbamates (subject to hydrolysis) is 1. The van der Waals surface area contributed by atoms with Crippen LogP contribution in [0.3, 0.4) is 0 Å². The third kappa shape index (κ3) is 7.74. The van der Waals surface area contributed by atoms with Gasteiger partial charge in [-0.15, -0.1) is 0 Å². The van der Waals surface area contributed by atoms with E-state index in [2.05, 4.69) is 20.2 Å². The molecule has 46 heavy (non-hydrogen) atoms. The Balaban J connectivity index is 1.81. The number of alkyl halides is 4. The van der Waals surface area contributed by atoms with E-state index in [9.17, 15) is 35.6 Å². The van der Waals surface area contributed by atoms with Crippen LogP contribution in [0.4, 0.5) is 32.4 Å². The van der Waals surface area contributed by atoms with Crippen LogP contribution in [0, 0.1) is 5.82 Å². The van der Waals surface area contributed by atoms with E-state index in [0.29, 0.717) is 6.07 Å². The Hall–Kier alpha value is -4.28. The summed E-state index contributed by atoms with van der Waals surface area (Å²) in [4.78, 5) is 31.1. The Morgan fingerprint density at radius 3 is 2.28 bits per heavy atom. The molecule has 0 unspecified atom stereocenters. The number of rotatable bonds is 7. The lowest BCUT2D eigenvalue weighted by Crippen LogP contribution is -2.51. The highest BCUT2D eigenvalue weighted by Gasteiger charge is 2.44. The number of nitrogens with one attached hydrogen (secondary N) is 1. The highest BCUT2D eigenvalue weighted by atomic mass is 32.2. The third-order valence-electron chi connectivity index (χ3n) is 6.40. The molecule has 0 spiro atoms. The molecule has 0 radical (unpaired) electrons. The van der Waals surface area contributed by atoms with Gasteiger partial charge in [-0.1, -0.05) is 38.1 Å². The second kappa shape index (κ2) is 12.1. The van der Waals surface area contributed by atoms with Crippen molar-refractivity contribution in [1.29, 1.82) is 0 Å². The lowest BCUT2D eigenvalue weighted by atomic mass is 9.97. The van der Waals surface area contributed by atoms with Gasteiger partial charge in [0.25, 0.3) is 5.91 Å². The van der Waals surface area contributed by atoms with E-state index in [1.165, 1.54) is 12.1 Å². The molecule has 0 fully saturated rings. The molecule has 4 rings (SSSR count). The number of ether oxygens (including phenoxy) is 2. The van der Waals surface area contributed by atoms with E-state index in [-0.39, 0.29) is 28.5 Å². The Bertz CT molecular complexity index is 1730. The highest BCUT2D eigenvalue weighted by Crippen LogP contribution is 2.38. The van der Waals surface area contributed by atoms with Crippen LogP contribution in [0.25, 0.3) is 11.4 Å². The molecule has 2 heterocycles. The summed E-state index contributed by atoms with van der Waals surface area (Å²) in [6, 6.07) is 4.30. The van der Waals surface area contributed by atoms with E-state index in [0.717, 1.165) is 23.1 Å². The summed E-state index contributed by atoms with van der Waals surface area (Å²) in [6.45, 7) is 9.53. The molecule has 0 saturated heterocycles. The van der Waals surface area contributed by atoms with Gasteiger partial charge in [-0.05, 0) is 50.6 Å². The number of amides is 2. The predicted octanol–water partition coefficient (Wildman–Crippen LogP) is 5.62. The third-order valence-corrected chi connectivity index (χ3v) is 8.17. The van der Waals surface area contributed by atoms with Gasteiger partial charge in [0.15, 0.2) is 9.84 Å². The fraction of sp³-hybridized carbons (Fsp3) is 0.448. The molecule has 1 aliphatic heterocycles. The number of anilines is 1. The van der Waals surface area contributed by atoms with Crippen LogP contribution in [0.5, 0.6) is 5.75 Å². The van der Waals surface area contributed by atoms with Gasteiger partial charge in [0.1, 0.15) is 23.2 Å². The minimum absolute atomic E-state index is 0.152. The van der Waals surface area contributed by atoms with Gasteiger partial charge >= 0.3 is 18.6 Å². The summed E-state index contributed by atoms with van der Waals surface area (Å²) in [7, 11) is -4.46. The molecular formula is C29H31F5N4O7S. The van der Waals surface area contributed by atoms with Crippen molar-refractivity contribution in [2.24, 2.45) is 0 Å². The lowest BCUT2D eigenvalue weighted by Gasteiger charge is -2.27. The molecular weight excluding hydrogens is 643 g/mol. The topological polar surface area (TPSA) is 141 Å². The van der Waals surface area contributed by atoms with Crippen molar-refractivity contribution >= 4 is 27.5 Å². The van der Waals surface area contributed by atoms with Gasteiger partial charge in [0, 0.05) is 5.41 Å². The second-order valence-electron chi connectivity index (χ2n) is 12.5. The molecule has 1 atom stereocenters. The smallest absolute Gasteiger partial charge is 0.444 e. The minimum Gasteiger partial charge on any atom is -0.444 e. The van der Waals surface area contributed by atoms with E-state index >= 15 is 4.39 Å². The van der Waals surface area contributed by atoms with E-state index in [1.54, 1.807) is 41.5 Å². The van der Waals surface area contributed by atoms with Crippen LogP contribution in [0.15, 0.2) is 45.8 Å². The number of fused-ring (bicyclic) bond motifs is 1. The van der Waals surface area contributed by atoms with Crippen molar-refractivity contribution < 1.29 is 54.0 Å². The maximum atomic E-state index is 15.5. The van der Waals surface area contributed by atoms with Crippen molar-refractivity contribution in [2.75, 3.05) is 10.7 Å². The van der Waals surface area contributed by atoms with Crippen LogP contribution in [-0.2, 0) is 31.3 Å². The van der Waals surface area contributed by atoms with Gasteiger partial charge in [-0.3, -0.25) is 4.79 Å². The first-order chi connectivity index (χ1) is 21.1. The van der Waals surface area contributed by atoms with Crippen LogP contribution >= 0.6 is 0 Å². The van der Waals surface area contributed by atoms with Crippen molar-refractivity contribution in [1.82, 2.24) is 15.5 Å². The number of hydrogen-bond donors (Lipinski definition) is 1. The first-order valence-electron chi connectivity index (χ1n) is 13.7. The van der Waals surface area contributed by atoms with Crippen LogP contribution < -0.4 is 15.0 Å². The number of sulfone groups is 1. The van der Waals surface area contributed by atoms with Crippen molar-refractivity contribution in [3.05, 3.63) is 53.7 Å². The molecule has 1 N–H and O–H groups in total. The molecule has 2 aromatic carbocycles. The zero-order valence-electron chi connectivity index (χ0n) is 25.5. The normalized spacial score (nSPS) is 17.0. The fourth-order valence-electron chi connectivity index (χ4n) is 4.26. The molecule has 250 valence electrons. The molecule has 0 aliphatic carbocycles. The van der Waals surface area contributed by atoms with Gasteiger partial charge in [-0.25, -0.2) is 17.6 Å². The maximum absolute atomic E-state index is 15.5. The highest BCUT2D eigenvalue weighted by molar-refractivity contribution is 7.91. The summed E-state index contributed by atoms with van der Waals surface area (Å²) in [5.41, 5.74) is -2.03. The van der Waals surface area contributed by atoms with Crippen LogP contribution in [-0.4, -0.2) is 60.5 Å². The average molecular weight is 675 g/mol. The lowest BCUT2D eigenvalue weighted by molar-refractivity contribution is -0.253. The van der Waals surface area contributed by atoms with Gasteiger partial charge in [0.2, 0.25) is 11.7 Å². The fourth-order valence-corrected chi connectivity index (χ4v) is 5.88. The average Bonchev–Trinajstić information content (AvgIpc) is 3.39. The van der Waals surface area contributed by atoms with E-state index in [4.69, 9.17) is 9.26 Å². The minimum atomic E-state index is -4.77. The zero-order chi connectivity index (χ0) is 34.4. The summed E-state index contributed by atoms with van der Waals surface area (Å²) in [5.74, 6) is -3.64. The SMILES string of the molecule is CC(C)(C)OC(=O)N[C@H]1CS(=O)(=O)c2cc(F)c(-c3noc(C(C)(C)C)n3)cc2N(Cc2ccc(OC(F)(F)C(F)F)cc2)C1=O. The van der Waals surface area contributed by atoms with Crippen molar-refractivity contribution in [2.45, 2.75) is 82.6 Å². The number of halogens is 5. The van der Waals surface area contributed by atoms with Gasteiger partial charge in [-0.2, -0.15) is 22.5 Å². The zero-order valence-corrected chi connectivity index (χ0v) is 26.3. The summed E-state index contributed by atoms with van der Waals surface area (Å²) < 4.78 is 109. The molecule has 2 amide bonds. The van der Waals surface area contributed by atoms with Crippen LogP contribution in [0.1, 0.15) is 53.0 Å². The number of aromatic nitrogens is 2. The number of benzene rings is 2. The maximum Gasteiger partial charge on any atom is 0.461 e.